The van der Waals surface area contributed by atoms with Crippen LogP contribution in [0.3, 0.4) is 0 Å². The zero-order chi connectivity index (χ0) is 18.4. The zero-order valence-corrected chi connectivity index (χ0v) is 11.7. The third-order valence-corrected chi connectivity index (χ3v) is 3.17. The summed E-state index contributed by atoms with van der Waals surface area (Å²) < 4.78 is 43.8. The first-order valence-corrected chi connectivity index (χ1v) is 6.64. The molecule has 0 aliphatic rings. The Labute approximate surface area is 124 Å². The minimum absolute atomic E-state index is 0.0114. The standard InChI is InChI=1S/C16H27NO2/c1-4-17(11-5-6-12-18)14(2)13-15-7-9-16(19-3)10-8-15/h7-10,14,18H,4-6,11-13H2,1-3H3/i1D3,4D2. The van der Waals surface area contributed by atoms with Crippen LogP contribution in [0.1, 0.15) is 39.0 Å². The molecule has 0 bridgehead atoms. The maximum Gasteiger partial charge on any atom is 0.118 e. The molecule has 1 aromatic rings. The fraction of sp³-hybridized carbons (Fsp3) is 0.625. The van der Waals surface area contributed by atoms with Crippen LogP contribution in [0.4, 0.5) is 0 Å². The van der Waals surface area contributed by atoms with Gasteiger partial charge in [0.05, 0.1) is 7.11 Å². The second-order valence-corrected chi connectivity index (χ2v) is 4.64. The molecular formula is C16H27NO2. The van der Waals surface area contributed by atoms with Crippen molar-refractivity contribution in [1.82, 2.24) is 4.90 Å². The van der Waals surface area contributed by atoms with Crippen molar-refractivity contribution in [3.05, 3.63) is 29.8 Å². The van der Waals surface area contributed by atoms with E-state index in [1.54, 1.807) is 7.11 Å². The van der Waals surface area contributed by atoms with Gasteiger partial charge in [0.1, 0.15) is 5.75 Å². The summed E-state index contributed by atoms with van der Waals surface area (Å²) in [6, 6.07) is 7.15. The summed E-state index contributed by atoms with van der Waals surface area (Å²) in [4.78, 5) is 1.39. The number of rotatable bonds is 9. The maximum atomic E-state index is 8.93. The molecule has 108 valence electrons. The van der Waals surface area contributed by atoms with Crippen molar-refractivity contribution in [2.24, 2.45) is 0 Å². The number of likely N-dealkylation sites (N-methyl/N-ethyl adjacent to an activating group) is 1. The summed E-state index contributed by atoms with van der Waals surface area (Å²) in [5.41, 5.74) is 0.983. The first kappa shape index (κ1) is 9.78. The van der Waals surface area contributed by atoms with Crippen molar-refractivity contribution < 1.29 is 16.7 Å². The van der Waals surface area contributed by atoms with Crippen molar-refractivity contribution in [1.29, 1.82) is 0 Å². The molecular weight excluding hydrogens is 238 g/mol. The number of methoxy groups -OCH3 is 1. The molecule has 0 radical (unpaired) electrons. The molecule has 1 atom stereocenters. The van der Waals surface area contributed by atoms with Crippen molar-refractivity contribution in [3.8, 4) is 5.75 Å². The van der Waals surface area contributed by atoms with E-state index in [1.807, 2.05) is 31.2 Å². The van der Waals surface area contributed by atoms with Crippen molar-refractivity contribution in [2.75, 3.05) is 26.8 Å². The highest BCUT2D eigenvalue weighted by atomic mass is 16.5. The molecule has 0 aliphatic carbocycles. The highest BCUT2D eigenvalue weighted by Crippen LogP contribution is 2.14. The second kappa shape index (κ2) is 8.94. The molecule has 0 aliphatic heterocycles. The molecule has 0 saturated carbocycles. The Bertz CT molecular complexity index is 490. The van der Waals surface area contributed by atoms with E-state index in [0.29, 0.717) is 19.3 Å². The zero-order valence-electron chi connectivity index (χ0n) is 16.7. The molecule has 0 heterocycles. The van der Waals surface area contributed by atoms with Crippen molar-refractivity contribution in [3.63, 3.8) is 0 Å². The Morgan fingerprint density at radius 1 is 1.37 bits per heavy atom. The van der Waals surface area contributed by atoms with Gasteiger partial charge in [-0.1, -0.05) is 19.0 Å². The topological polar surface area (TPSA) is 32.7 Å². The minimum Gasteiger partial charge on any atom is -0.497 e. The molecule has 1 unspecified atom stereocenters. The van der Waals surface area contributed by atoms with Gasteiger partial charge >= 0.3 is 0 Å². The lowest BCUT2D eigenvalue weighted by Gasteiger charge is -2.28. The fourth-order valence-electron chi connectivity index (χ4n) is 1.99. The Morgan fingerprint density at radius 2 is 2.11 bits per heavy atom. The fourth-order valence-corrected chi connectivity index (χ4v) is 1.99. The van der Waals surface area contributed by atoms with E-state index < -0.39 is 13.3 Å². The van der Waals surface area contributed by atoms with Crippen LogP contribution in [0, 0.1) is 0 Å². The van der Waals surface area contributed by atoms with Crippen LogP contribution in [0.5, 0.6) is 5.75 Å². The van der Waals surface area contributed by atoms with E-state index in [9.17, 15) is 0 Å². The van der Waals surface area contributed by atoms with Crippen LogP contribution in [0.2, 0.25) is 0 Å². The van der Waals surface area contributed by atoms with E-state index in [4.69, 9.17) is 16.7 Å². The van der Waals surface area contributed by atoms with Crippen molar-refractivity contribution in [2.45, 2.75) is 39.1 Å². The van der Waals surface area contributed by atoms with E-state index in [1.165, 1.54) is 4.90 Å². The van der Waals surface area contributed by atoms with E-state index >= 15 is 0 Å². The van der Waals surface area contributed by atoms with Gasteiger partial charge in [-0.25, -0.2) is 0 Å². The van der Waals surface area contributed by atoms with E-state index in [0.717, 1.165) is 11.3 Å². The van der Waals surface area contributed by atoms with Gasteiger partial charge in [-0.15, -0.1) is 0 Å². The molecule has 1 aromatic carbocycles. The molecule has 0 fully saturated rings. The Hall–Kier alpha value is -1.06. The van der Waals surface area contributed by atoms with Crippen LogP contribution in [0.15, 0.2) is 24.3 Å². The Balaban J connectivity index is 2.91. The molecule has 19 heavy (non-hydrogen) atoms. The summed E-state index contributed by atoms with van der Waals surface area (Å²) in [5, 5.41) is 8.93. The Kier molecular flexibility index (Phi) is 4.60. The number of aliphatic hydroxyl groups excluding tert-OH is 1. The average molecular weight is 270 g/mol. The number of benzene rings is 1. The molecule has 0 aromatic heterocycles. The summed E-state index contributed by atoms with van der Waals surface area (Å²) in [6.07, 6.45) is 1.58. The van der Waals surface area contributed by atoms with Gasteiger partial charge in [0.15, 0.2) is 0 Å². The Morgan fingerprint density at radius 3 is 2.68 bits per heavy atom. The van der Waals surface area contributed by atoms with Gasteiger partial charge in [-0.2, -0.15) is 0 Å². The number of aliphatic hydroxyl groups is 1. The van der Waals surface area contributed by atoms with Gasteiger partial charge in [-0.05, 0) is 56.9 Å². The first-order valence-electron chi connectivity index (χ1n) is 9.14. The largest absolute Gasteiger partial charge is 0.497 e. The van der Waals surface area contributed by atoms with E-state index in [-0.39, 0.29) is 19.2 Å². The van der Waals surface area contributed by atoms with Crippen LogP contribution in [-0.4, -0.2) is 42.8 Å². The van der Waals surface area contributed by atoms with Gasteiger partial charge in [0.2, 0.25) is 0 Å². The highest BCUT2D eigenvalue weighted by Gasteiger charge is 2.12. The second-order valence-electron chi connectivity index (χ2n) is 4.64. The molecule has 3 heteroatoms. The van der Waals surface area contributed by atoms with Crippen LogP contribution in [-0.2, 0) is 6.42 Å². The number of nitrogens with zero attached hydrogens (tertiary/aromatic N) is 1. The number of hydrogen-bond donors (Lipinski definition) is 1. The summed E-state index contributed by atoms with van der Waals surface area (Å²) in [6.45, 7) is -3.04. The van der Waals surface area contributed by atoms with Gasteiger partial charge in [-0.3, -0.25) is 0 Å². The van der Waals surface area contributed by atoms with Gasteiger partial charge in [0, 0.05) is 19.5 Å². The highest BCUT2D eigenvalue weighted by molar-refractivity contribution is 5.27. The average Bonchev–Trinajstić information content (AvgIpc) is 2.51. The molecule has 1 rings (SSSR count). The smallest absolute Gasteiger partial charge is 0.118 e. The lowest BCUT2D eigenvalue weighted by molar-refractivity contribution is 0.203. The quantitative estimate of drug-likeness (QED) is 0.700. The molecule has 0 spiro atoms. The molecule has 0 amide bonds. The third-order valence-electron chi connectivity index (χ3n) is 3.17. The van der Waals surface area contributed by atoms with E-state index in [2.05, 4.69) is 0 Å². The number of hydrogen-bond acceptors (Lipinski definition) is 3. The normalized spacial score (nSPS) is 18.0. The van der Waals surface area contributed by atoms with Crippen molar-refractivity contribution >= 4 is 0 Å². The predicted molar refractivity (Wildman–Crippen MR) is 79.7 cm³/mol. The predicted octanol–water partition coefficient (Wildman–Crippen LogP) is 2.72. The van der Waals surface area contributed by atoms with Gasteiger partial charge < -0.3 is 14.7 Å². The van der Waals surface area contributed by atoms with Crippen LogP contribution < -0.4 is 4.74 Å². The monoisotopic (exact) mass is 270 g/mol. The molecule has 1 N–H and O–H groups in total. The van der Waals surface area contributed by atoms with Gasteiger partial charge in [0.25, 0.3) is 0 Å². The summed E-state index contributed by atoms with van der Waals surface area (Å²) in [7, 11) is 1.59. The summed E-state index contributed by atoms with van der Waals surface area (Å²) >= 11 is 0. The maximum absolute atomic E-state index is 8.93. The van der Waals surface area contributed by atoms with Crippen LogP contribution >= 0.6 is 0 Å². The third kappa shape index (κ3) is 5.62. The number of ether oxygens (including phenoxy) is 1. The first-order chi connectivity index (χ1) is 11.1. The lowest BCUT2D eigenvalue weighted by atomic mass is 10.1. The number of unbranched alkanes of at least 4 members (excludes halogenated alkanes) is 1. The summed E-state index contributed by atoms with van der Waals surface area (Å²) in [5.74, 6) is 0.740. The minimum atomic E-state index is -2.74. The molecule has 3 nitrogen and oxygen atoms in total. The van der Waals surface area contributed by atoms with Crippen LogP contribution in [0.25, 0.3) is 0 Å². The molecule has 0 saturated heterocycles. The lowest BCUT2D eigenvalue weighted by Crippen LogP contribution is -2.35. The SMILES string of the molecule is [2H]C([2H])([2H])C([2H])([2H])N(CCCCO)C(C)Cc1ccc(OC)cc1.